The molecule has 0 aliphatic carbocycles. The zero-order valence-electron chi connectivity index (χ0n) is 15.8. The van der Waals surface area contributed by atoms with Gasteiger partial charge in [-0.15, -0.1) is 0 Å². The summed E-state index contributed by atoms with van der Waals surface area (Å²) in [7, 11) is -4.11. The summed E-state index contributed by atoms with van der Waals surface area (Å²) < 4.78 is 28.1. The number of rotatable bonds is 6. The van der Waals surface area contributed by atoms with Gasteiger partial charge in [0.05, 0.1) is 20.9 Å². The number of nitro benzene ring substituents is 1. The van der Waals surface area contributed by atoms with Crippen molar-refractivity contribution in [2.24, 2.45) is 0 Å². The molecule has 0 aliphatic rings. The van der Waals surface area contributed by atoms with E-state index >= 15 is 0 Å². The normalized spacial score (nSPS) is 11.2. The minimum atomic E-state index is -4.11. The summed E-state index contributed by atoms with van der Waals surface area (Å²) in [6, 6.07) is 17.6. The van der Waals surface area contributed by atoms with Gasteiger partial charge in [-0.05, 0) is 36.4 Å². The molecule has 0 saturated heterocycles. The lowest BCUT2D eigenvalue weighted by atomic mass is 10.3. The van der Waals surface area contributed by atoms with Crippen molar-refractivity contribution in [3.63, 3.8) is 0 Å². The highest BCUT2D eigenvalue weighted by molar-refractivity contribution is 7.92. The number of sulfonamides is 1. The lowest BCUT2D eigenvalue weighted by Gasteiger charge is -2.14. The van der Waals surface area contributed by atoms with Gasteiger partial charge in [0.2, 0.25) is 0 Å². The summed E-state index contributed by atoms with van der Waals surface area (Å²) in [5.74, 6) is 0.0712. The second kappa shape index (κ2) is 7.88. The molecule has 0 amide bonds. The Morgan fingerprint density at radius 1 is 0.871 bits per heavy atom. The fourth-order valence-corrected chi connectivity index (χ4v) is 3.82. The first kappa shape index (κ1) is 20.0. The van der Waals surface area contributed by atoms with Gasteiger partial charge in [0.1, 0.15) is 5.75 Å². The number of nitrogens with zero attached hydrogens (tertiary/aromatic N) is 3. The molecule has 3 N–H and O–H groups in total. The van der Waals surface area contributed by atoms with Crippen LogP contribution in [0.2, 0.25) is 0 Å². The molecule has 0 radical (unpaired) electrons. The van der Waals surface area contributed by atoms with E-state index in [9.17, 15) is 23.6 Å². The molecular weight excluding hydrogens is 422 g/mol. The van der Waals surface area contributed by atoms with Crippen molar-refractivity contribution in [1.29, 1.82) is 0 Å². The highest BCUT2D eigenvalue weighted by atomic mass is 32.2. The standard InChI is InChI=1S/C20H15N5O5S/c26-15-5-3-4-13(12-15)21-19-20(23-18-7-2-1-6-17(18)22-19)24-31(29,30)16-10-8-14(9-11-16)25(27)28/h1-12,26H,(H,21,22)(H,23,24). The monoisotopic (exact) mass is 437 g/mol. The highest BCUT2D eigenvalue weighted by Gasteiger charge is 2.20. The zero-order chi connectivity index (χ0) is 22.0. The first-order valence-corrected chi connectivity index (χ1v) is 10.4. The number of non-ortho nitro benzene ring substituents is 1. The van der Waals surface area contributed by atoms with Crippen LogP contribution in [0.1, 0.15) is 0 Å². The van der Waals surface area contributed by atoms with Crippen molar-refractivity contribution in [3.05, 3.63) is 82.9 Å². The number of benzene rings is 3. The molecule has 31 heavy (non-hydrogen) atoms. The van der Waals surface area contributed by atoms with Crippen LogP contribution in [0, 0.1) is 10.1 Å². The average Bonchev–Trinajstić information content (AvgIpc) is 2.74. The zero-order valence-corrected chi connectivity index (χ0v) is 16.6. The van der Waals surface area contributed by atoms with Gasteiger partial charge in [-0.25, -0.2) is 18.4 Å². The number of hydrogen-bond donors (Lipinski definition) is 3. The number of fused-ring (bicyclic) bond motifs is 1. The molecule has 0 bridgehead atoms. The molecule has 0 spiro atoms. The van der Waals surface area contributed by atoms with Crippen LogP contribution in [0.25, 0.3) is 11.0 Å². The third-order valence-electron chi connectivity index (χ3n) is 4.27. The van der Waals surface area contributed by atoms with Crippen LogP contribution in [0.5, 0.6) is 5.75 Å². The van der Waals surface area contributed by atoms with Gasteiger partial charge in [-0.1, -0.05) is 18.2 Å². The maximum Gasteiger partial charge on any atom is 0.269 e. The van der Waals surface area contributed by atoms with E-state index in [1.165, 1.54) is 12.1 Å². The van der Waals surface area contributed by atoms with Crippen LogP contribution >= 0.6 is 0 Å². The van der Waals surface area contributed by atoms with E-state index in [2.05, 4.69) is 20.0 Å². The van der Waals surface area contributed by atoms with Gasteiger partial charge in [0, 0.05) is 23.9 Å². The Morgan fingerprint density at radius 3 is 2.13 bits per heavy atom. The van der Waals surface area contributed by atoms with Gasteiger partial charge in [0.25, 0.3) is 15.7 Å². The molecule has 3 aromatic carbocycles. The second-order valence-corrected chi connectivity index (χ2v) is 8.12. The summed E-state index contributed by atoms with van der Waals surface area (Å²) in [6.45, 7) is 0. The van der Waals surface area contributed by atoms with Gasteiger partial charge in [0.15, 0.2) is 11.6 Å². The maximum absolute atomic E-state index is 12.9. The quantitative estimate of drug-likeness (QED) is 0.305. The van der Waals surface area contributed by atoms with Crippen molar-refractivity contribution < 1.29 is 18.4 Å². The molecule has 0 saturated carbocycles. The van der Waals surface area contributed by atoms with Crippen LogP contribution in [0.4, 0.5) is 23.0 Å². The SMILES string of the molecule is O=[N+]([O-])c1ccc(S(=O)(=O)Nc2nc3ccccc3nc2Nc2cccc(O)c2)cc1. The molecule has 10 nitrogen and oxygen atoms in total. The number of phenolic OH excluding ortho intramolecular Hbond substituents is 1. The van der Waals surface area contributed by atoms with Crippen LogP contribution in [0.15, 0.2) is 77.7 Å². The fourth-order valence-electron chi connectivity index (χ4n) is 2.81. The predicted octanol–water partition coefficient (Wildman–Crippen LogP) is 3.79. The lowest BCUT2D eigenvalue weighted by molar-refractivity contribution is -0.384. The molecule has 4 aromatic rings. The largest absolute Gasteiger partial charge is 0.508 e. The molecule has 1 aromatic heterocycles. The van der Waals surface area contributed by atoms with Crippen molar-refractivity contribution in [1.82, 2.24) is 9.97 Å². The highest BCUT2D eigenvalue weighted by Crippen LogP contribution is 2.28. The van der Waals surface area contributed by atoms with Crippen molar-refractivity contribution in [3.8, 4) is 5.75 Å². The number of phenols is 1. The molecule has 4 rings (SSSR count). The predicted molar refractivity (Wildman–Crippen MR) is 115 cm³/mol. The Morgan fingerprint density at radius 2 is 1.52 bits per heavy atom. The molecule has 11 heteroatoms. The Hall–Kier alpha value is -4.25. The van der Waals surface area contributed by atoms with Crippen molar-refractivity contribution in [2.75, 3.05) is 10.0 Å². The second-order valence-electron chi connectivity index (χ2n) is 6.44. The summed E-state index contributed by atoms with van der Waals surface area (Å²) in [5, 5.41) is 23.5. The topological polar surface area (TPSA) is 147 Å². The Balaban J connectivity index is 1.75. The minimum Gasteiger partial charge on any atom is -0.508 e. The summed E-state index contributed by atoms with van der Waals surface area (Å²) in [5.41, 5.74) is 1.24. The smallest absolute Gasteiger partial charge is 0.269 e. The number of hydrogen-bond acceptors (Lipinski definition) is 8. The van der Waals surface area contributed by atoms with E-state index in [0.29, 0.717) is 16.7 Å². The number of aromatic nitrogens is 2. The van der Waals surface area contributed by atoms with Crippen LogP contribution in [-0.4, -0.2) is 28.4 Å². The number of nitro groups is 1. The fraction of sp³-hybridized carbons (Fsp3) is 0. The third-order valence-corrected chi connectivity index (χ3v) is 5.62. The van der Waals surface area contributed by atoms with Gasteiger partial charge in [-0.3, -0.25) is 14.8 Å². The molecule has 156 valence electrons. The van der Waals surface area contributed by atoms with Crippen molar-refractivity contribution >= 4 is 44.1 Å². The van der Waals surface area contributed by atoms with Crippen LogP contribution in [-0.2, 0) is 10.0 Å². The first-order valence-electron chi connectivity index (χ1n) is 8.92. The van der Waals surface area contributed by atoms with Gasteiger partial charge < -0.3 is 10.4 Å². The van der Waals surface area contributed by atoms with E-state index in [4.69, 9.17) is 0 Å². The van der Waals surface area contributed by atoms with E-state index in [-0.39, 0.29) is 28.0 Å². The van der Waals surface area contributed by atoms with Crippen molar-refractivity contribution in [2.45, 2.75) is 4.90 Å². The third kappa shape index (κ3) is 4.36. The molecule has 0 unspecified atom stereocenters. The average molecular weight is 437 g/mol. The number of para-hydroxylation sites is 2. The van der Waals surface area contributed by atoms with E-state index < -0.39 is 14.9 Å². The Kier molecular flexibility index (Phi) is 5.09. The Bertz CT molecular complexity index is 1390. The number of anilines is 3. The van der Waals surface area contributed by atoms with Crippen LogP contribution < -0.4 is 10.0 Å². The van der Waals surface area contributed by atoms with Gasteiger partial charge in [-0.2, -0.15) is 0 Å². The van der Waals surface area contributed by atoms with Gasteiger partial charge >= 0.3 is 0 Å². The van der Waals surface area contributed by atoms with Crippen LogP contribution in [0.3, 0.4) is 0 Å². The first-order chi connectivity index (χ1) is 14.8. The van der Waals surface area contributed by atoms with E-state index in [1.54, 1.807) is 36.4 Å². The summed E-state index contributed by atoms with van der Waals surface area (Å²) in [6.07, 6.45) is 0. The molecule has 0 atom stereocenters. The Labute approximate surface area is 176 Å². The molecular formula is C20H15N5O5S. The summed E-state index contributed by atoms with van der Waals surface area (Å²) in [4.78, 5) is 18.8. The number of aromatic hydroxyl groups is 1. The summed E-state index contributed by atoms with van der Waals surface area (Å²) >= 11 is 0. The van der Waals surface area contributed by atoms with E-state index in [0.717, 1.165) is 24.3 Å². The maximum atomic E-state index is 12.9. The minimum absolute atomic E-state index is 0.0201. The molecule has 1 heterocycles. The molecule has 0 aliphatic heterocycles. The molecule has 0 fully saturated rings. The lowest BCUT2D eigenvalue weighted by Crippen LogP contribution is -2.16. The van der Waals surface area contributed by atoms with E-state index in [1.807, 2.05) is 0 Å². The number of nitrogens with one attached hydrogen (secondary N) is 2.